The van der Waals surface area contributed by atoms with Crippen LogP contribution in [-0.4, -0.2) is 17.9 Å². The molecule has 5 heteroatoms. The molecule has 0 saturated carbocycles. The average molecular weight is 364 g/mol. The predicted octanol–water partition coefficient (Wildman–Crippen LogP) is 4.68. The number of para-hydroxylation sites is 1. The number of aromatic hydroxyl groups is 1. The van der Waals surface area contributed by atoms with Gasteiger partial charge in [-0.15, -0.1) is 11.3 Å². The monoisotopic (exact) mass is 364 g/mol. The van der Waals surface area contributed by atoms with E-state index in [1.54, 1.807) is 24.5 Å². The Kier molecular flexibility index (Phi) is 4.73. The lowest BCUT2D eigenvalue weighted by atomic mass is 9.94. The van der Waals surface area contributed by atoms with Crippen LogP contribution in [0.1, 0.15) is 34.6 Å². The topological polar surface area (TPSA) is 53.8 Å². The third kappa shape index (κ3) is 3.36. The van der Waals surface area contributed by atoms with Crippen molar-refractivity contribution in [2.75, 3.05) is 7.11 Å². The summed E-state index contributed by atoms with van der Waals surface area (Å²) in [5, 5.41) is 15.9. The van der Waals surface area contributed by atoms with E-state index in [2.05, 4.69) is 16.8 Å². The summed E-state index contributed by atoms with van der Waals surface area (Å²) in [6.45, 7) is 0. The fourth-order valence-electron chi connectivity index (χ4n) is 3.24. The molecule has 1 aliphatic heterocycles. The molecule has 1 aliphatic rings. The molecule has 2 atom stereocenters. The highest BCUT2D eigenvalue weighted by Crippen LogP contribution is 2.35. The molecule has 0 unspecified atom stereocenters. The van der Waals surface area contributed by atoms with Crippen molar-refractivity contribution >= 4 is 17.0 Å². The van der Waals surface area contributed by atoms with Gasteiger partial charge in [0.2, 0.25) is 0 Å². The number of nitrogens with one attached hydrogen (secondary N) is 1. The second kappa shape index (κ2) is 7.32. The first-order valence-corrected chi connectivity index (χ1v) is 9.41. The first-order chi connectivity index (χ1) is 12.7. The lowest BCUT2D eigenvalue weighted by Crippen LogP contribution is -2.32. The van der Waals surface area contributed by atoms with Gasteiger partial charge in [-0.3, -0.25) is 10.3 Å². The Morgan fingerprint density at radius 1 is 1.08 bits per heavy atom. The molecule has 2 aromatic carbocycles. The van der Waals surface area contributed by atoms with E-state index >= 15 is 0 Å². The van der Waals surface area contributed by atoms with Crippen molar-refractivity contribution in [1.29, 1.82) is 0 Å². The molecule has 2 heterocycles. The van der Waals surface area contributed by atoms with Crippen molar-refractivity contribution in [1.82, 2.24) is 5.32 Å². The molecule has 26 heavy (non-hydrogen) atoms. The number of aliphatic imine (C=N–C) groups is 1. The maximum Gasteiger partial charge on any atom is 0.135 e. The van der Waals surface area contributed by atoms with Crippen LogP contribution in [0, 0.1) is 0 Å². The number of hydrogen-bond acceptors (Lipinski definition) is 5. The van der Waals surface area contributed by atoms with Crippen molar-refractivity contribution < 1.29 is 9.84 Å². The van der Waals surface area contributed by atoms with Crippen molar-refractivity contribution in [3.05, 3.63) is 82.0 Å². The number of hydrogen-bond donors (Lipinski definition) is 2. The second-order valence-corrected chi connectivity index (χ2v) is 7.18. The molecule has 0 aliphatic carbocycles. The standard InChI is InChI=1S/C21H20N2O2S/c1-25-15-10-8-14(9-11-15)17-13-18(16-5-2-3-6-19(16)24)23-21(22-17)20-7-4-12-26-20/h2-12,18,21,23-24H,13H2,1H3/t18-,21-/m1/s1. The maximum absolute atomic E-state index is 10.3. The molecule has 1 aromatic heterocycles. The van der Waals surface area contributed by atoms with E-state index in [1.165, 1.54) is 0 Å². The van der Waals surface area contributed by atoms with Gasteiger partial charge in [-0.2, -0.15) is 0 Å². The van der Waals surface area contributed by atoms with Crippen LogP contribution in [0.2, 0.25) is 0 Å². The van der Waals surface area contributed by atoms with E-state index in [1.807, 2.05) is 48.5 Å². The van der Waals surface area contributed by atoms with Gasteiger partial charge in [0.05, 0.1) is 7.11 Å². The summed E-state index contributed by atoms with van der Waals surface area (Å²) in [5.74, 6) is 1.14. The first kappa shape index (κ1) is 16.8. The van der Waals surface area contributed by atoms with Gasteiger partial charge in [0.15, 0.2) is 0 Å². The smallest absolute Gasteiger partial charge is 0.135 e. The van der Waals surface area contributed by atoms with Crippen LogP contribution in [0.15, 0.2) is 71.0 Å². The molecule has 3 aromatic rings. The molecule has 2 N–H and O–H groups in total. The number of rotatable bonds is 4. The lowest BCUT2D eigenvalue weighted by molar-refractivity contribution is 0.414. The molecular weight excluding hydrogens is 344 g/mol. The Balaban J connectivity index is 1.72. The summed E-state index contributed by atoms with van der Waals surface area (Å²) >= 11 is 1.68. The summed E-state index contributed by atoms with van der Waals surface area (Å²) in [6, 6.07) is 19.6. The van der Waals surface area contributed by atoms with Crippen molar-refractivity contribution in [2.45, 2.75) is 18.6 Å². The molecule has 0 radical (unpaired) electrons. The minimum atomic E-state index is -0.120. The Bertz CT molecular complexity index is 904. The van der Waals surface area contributed by atoms with Crippen LogP contribution in [-0.2, 0) is 0 Å². The van der Waals surface area contributed by atoms with E-state index in [9.17, 15) is 5.11 Å². The highest BCUT2D eigenvalue weighted by Gasteiger charge is 2.27. The molecule has 4 rings (SSSR count). The van der Waals surface area contributed by atoms with Crippen LogP contribution in [0.4, 0.5) is 0 Å². The normalized spacial score (nSPS) is 19.8. The number of ether oxygens (including phenoxy) is 1. The highest BCUT2D eigenvalue weighted by molar-refractivity contribution is 7.10. The summed E-state index contributed by atoms with van der Waals surface area (Å²) in [7, 11) is 1.66. The Labute approximate surface area is 156 Å². The van der Waals surface area contributed by atoms with Crippen LogP contribution in [0.25, 0.3) is 0 Å². The van der Waals surface area contributed by atoms with E-state index < -0.39 is 0 Å². The zero-order valence-corrected chi connectivity index (χ0v) is 15.2. The van der Waals surface area contributed by atoms with Crippen LogP contribution in [0.3, 0.4) is 0 Å². The third-order valence-electron chi connectivity index (χ3n) is 4.59. The number of thiophene rings is 1. The summed E-state index contributed by atoms with van der Waals surface area (Å²) < 4.78 is 5.26. The van der Waals surface area contributed by atoms with Crippen LogP contribution < -0.4 is 10.1 Å². The molecule has 4 nitrogen and oxygen atoms in total. The van der Waals surface area contributed by atoms with E-state index in [0.717, 1.165) is 27.5 Å². The van der Waals surface area contributed by atoms with Gasteiger partial charge >= 0.3 is 0 Å². The van der Waals surface area contributed by atoms with Crippen LogP contribution >= 0.6 is 11.3 Å². The van der Waals surface area contributed by atoms with Gasteiger partial charge in [-0.05, 0) is 47.3 Å². The van der Waals surface area contributed by atoms with E-state index in [0.29, 0.717) is 12.2 Å². The molecule has 0 saturated heterocycles. The Morgan fingerprint density at radius 2 is 1.88 bits per heavy atom. The van der Waals surface area contributed by atoms with Gasteiger partial charge in [0, 0.05) is 28.6 Å². The first-order valence-electron chi connectivity index (χ1n) is 8.53. The molecule has 0 spiro atoms. The Hall–Kier alpha value is -2.63. The molecule has 132 valence electrons. The largest absolute Gasteiger partial charge is 0.508 e. The average Bonchev–Trinajstić information content (AvgIpc) is 3.23. The van der Waals surface area contributed by atoms with Crippen molar-refractivity contribution in [3.63, 3.8) is 0 Å². The van der Waals surface area contributed by atoms with Crippen molar-refractivity contribution in [3.8, 4) is 11.5 Å². The molecular formula is C21H20N2O2S. The minimum absolute atomic E-state index is 0.00194. The number of phenols is 1. The maximum atomic E-state index is 10.3. The molecule has 0 bridgehead atoms. The fraction of sp³-hybridized carbons (Fsp3) is 0.190. The lowest BCUT2D eigenvalue weighted by Gasteiger charge is -2.30. The number of nitrogens with zero attached hydrogens (tertiary/aromatic N) is 1. The number of methoxy groups -OCH3 is 1. The van der Waals surface area contributed by atoms with Gasteiger partial charge in [0.1, 0.15) is 17.7 Å². The zero-order valence-electron chi connectivity index (χ0n) is 14.4. The SMILES string of the molecule is COc1ccc(C2=N[C@@H](c3cccs3)N[C@@H](c3ccccc3O)C2)cc1. The van der Waals surface area contributed by atoms with E-state index in [4.69, 9.17) is 9.73 Å². The van der Waals surface area contributed by atoms with Gasteiger partial charge < -0.3 is 9.84 Å². The second-order valence-electron chi connectivity index (χ2n) is 6.20. The van der Waals surface area contributed by atoms with Crippen molar-refractivity contribution in [2.24, 2.45) is 4.99 Å². The molecule has 0 amide bonds. The third-order valence-corrected chi connectivity index (χ3v) is 5.51. The summed E-state index contributed by atoms with van der Waals surface area (Å²) in [5.41, 5.74) is 3.00. The van der Waals surface area contributed by atoms with Gasteiger partial charge in [-0.25, -0.2) is 0 Å². The number of benzene rings is 2. The zero-order chi connectivity index (χ0) is 17.9. The quantitative estimate of drug-likeness (QED) is 0.706. The fourth-order valence-corrected chi connectivity index (χ4v) is 3.96. The van der Waals surface area contributed by atoms with Crippen LogP contribution in [0.5, 0.6) is 11.5 Å². The summed E-state index contributed by atoms with van der Waals surface area (Å²) in [6.07, 6.45) is 0.594. The highest BCUT2D eigenvalue weighted by atomic mass is 32.1. The molecule has 0 fully saturated rings. The summed E-state index contributed by atoms with van der Waals surface area (Å²) in [4.78, 5) is 6.11. The predicted molar refractivity (Wildman–Crippen MR) is 105 cm³/mol. The minimum Gasteiger partial charge on any atom is -0.508 e. The van der Waals surface area contributed by atoms with E-state index in [-0.39, 0.29) is 12.2 Å². The van der Waals surface area contributed by atoms with Gasteiger partial charge in [-0.1, -0.05) is 24.3 Å². The number of phenolic OH excluding ortho intramolecular Hbond substituents is 1. The Morgan fingerprint density at radius 3 is 2.58 bits per heavy atom. The van der Waals surface area contributed by atoms with Gasteiger partial charge in [0.25, 0.3) is 0 Å².